The topological polar surface area (TPSA) is 138 Å². The summed E-state index contributed by atoms with van der Waals surface area (Å²) in [5, 5.41) is 21.2. The predicted molar refractivity (Wildman–Crippen MR) is 140 cm³/mol. The number of aliphatic carboxylic acids is 1. The third-order valence-electron chi connectivity index (χ3n) is 12.5. The zero-order chi connectivity index (χ0) is 28.3. The summed E-state index contributed by atoms with van der Waals surface area (Å²) in [6, 6.07) is 0. The van der Waals surface area contributed by atoms with Gasteiger partial charge in [0, 0.05) is 11.3 Å². The molecule has 0 aromatic rings. The van der Waals surface area contributed by atoms with Crippen molar-refractivity contribution in [3.8, 4) is 0 Å². The van der Waals surface area contributed by atoms with Gasteiger partial charge in [-0.1, -0.05) is 40.2 Å². The summed E-state index contributed by atoms with van der Waals surface area (Å²) < 4.78 is 37.7. The Kier molecular flexibility index (Phi) is 6.22. The van der Waals surface area contributed by atoms with Crippen molar-refractivity contribution in [3.05, 3.63) is 11.6 Å². The fourth-order valence-corrected chi connectivity index (χ4v) is 11.1. The number of aliphatic hydroxyl groups is 1. The number of fused-ring (bicyclic) bond motifs is 7. The zero-order valence-electron chi connectivity index (χ0n) is 23.5. The normalized spacial score (nSPS) is 50.1. The van der Waals surface area contributed by atoms with Crippen LogP contribution in [0.25, 0.3) is 0 Å². The molecule has 38 heavy (non-hydrogen) atoms. The highest BCUT2D eigenvalue weighted by Gasteiger charge is 2.68. The van der Waals surface area contributed by atoms with Crippen molar-refractivity contribution >= 4 is 22.2 Å². The molecule has 4 fully saturated rings. The Morgan fingerprint density at radius 2 is 1.53 bits per heavy atom. The summed E-state index contributed by atoms with van der Waals surface area (Å²) in [7, 11) is -4.59. The maximum absolute atomic E-state index is 14.2. The lowest BCUT2D eigenvalue weighted by Crippen LogP contribution is -2.65. The fraction of sp³-hybridized carbons (Fsp3) is 0.862. The van der Waals surface area contributed by atoms with E-state index in [0.29, 0.717) is 19.3 Å². The van der Waals surface area contributed by atoms with E-state index in [4.69, 9.17) is 4.18 Å². The van der Waals surface area contributed by atoms with Crippen LogP contribution < -0.4 is 0 Å². The van der Waals surface area contributed by atoms with Gasteiger partial charge in [0.05, 0.1) is 17.6 Å². The Bertz CT molecular complexity index is 1190. The predicted octanol–water partition coefficient (Wildman–Crippen LogP) is 4.82. The van der Waals surface area contributed by atoms with Crippen molar-refractivity contribution in [3.63, 3.8) is 0 Å². The van der Waals surface area contributed by atoms with E-state index in [1.54, 1.807) is 6.92 Å². The van der Waals surface area contributed by atoms with Gasteiger partial charge in [-0.15, -0.1) is 0 Å². The summed E-state index contributed by atoms with van der Waals surface area (Å²) in [5.74, 6) is -1.04. The second kappa shape index (κ2) is 8.37. The quantitative estimate of drug-likeness (QED) is 0.424. The lowest BCUT2D eigenvalue weighted by atomic mass is 9.36. The maximum Gasteiger partial charge on any atom is 0.397 e. The van der Waals surface area contributed by atoms with Crippen LogP contribution in [0.1, 0.15) is 92.9 Å². The molecule has 214 valence electrons. The van der Waals surface area contributed by atoms with Crippen LogP contribution in [0.4, 0.5) is 0 Å². The van der Waals surface area contributed by atoms with Gasteiger partial charge in [0.25, 0.3) is 0 Å². The molecule has 0 radical (unpaired) electrons. The molecule has 5 rings (SSSR count). The van der Waals surface area contributed by atoms with Gasteiger partial charge in [-0.05, 0) is 98.4 Å². The highest BCUT2D eigenvalue weighted by molar-refractivity contribution is 7.80. The first kappa shape index (κ1) is 28.2. The summed E-state index contributed by atoms with van der Waals surface area (Å²) in [6.07, 6.45) is 5.41. The number of carboxylic acids is 1. The van der Waals surface area contributed by atoms with Gasteiger partial charge in [-0.25, -0.2) is 4.18 Å². The largest absolute Gasteiger partial charge is 0.481 e. The molecule has 10 atom stereocenters. The molecule has 0 aromatic carbocycles. The molecular weight excluding hydrogens is 508 g/mol. The Balaban J connectivity index is 1.55. The number of carboxylic acid groups (broad SMARTS) is 1. The molecule has 0 heterocycles. The van der Waals surface area contributed by atoms with Crippen LogP contribution in [0.3, 0.4) is 0 Å². The first-order valence-electron chi connectivity index (χ1n) is 14.1. The SMILES string of the molecule is CC1(C)[C@@H](OS(=O)(=O)O)CC[C@]2(C)[C@H]3C(=O)C=C4[C@@H](CC[C@@]5(C)[C@@H](O)C[C@](C)(C(=O)O)C[C@@H]45)[C@]3(C)CC[C@@H]12. The maximum atomic E-state index is 14.2. The lowest BCUT2D eigenvalue weighted by Gasteiger charge is -2.67. The standard InChI is InChI=1S/C29H44O8S/c1-25(2)20-8-11-28(5)17-7-10-27(4)18(14-26(3,24(32)33)15-21(27)31)16(17)13-19(30)23(28)29(20,6)12-9-22(25)37-38(34,35)36/h13,17-18,20-23,31H,7-12,14-15H2,1-6H3,(H,32,33)(H,34,35,36)/t17-,18+,20+,21+,22+,23+,26-,27-,28+,29+/m1/s1. The molecule has 4 saturated carbocycles. The van der Waals surface area contributed by atoms with E-state index in [-0.39, 0.29) is 46.7 Å². The average Bonchev–Trinajstić information content (AvgIpc) is 2.76. The van der Waals surface area contributed by atoms with E-state index < -0.39 is 44.8 Å². The Morgan fingerprint density at radius 1 is 0.921 bits per heavy atom. The van der Waals surface area contributed by atoms with E-state index in [1.165, 1.54) is 0 Å². The Labute approximate surface area is 226 Å². The molecular formula is C29H44O8S. The van der Waals surface area contributed by atoms with Gasteiger partial charge in [0.15, 0.2) is 5.78 Å². The van der Waals surface area contributed by atoms with E-state index in [0.717, 1.165) is 31.3 Å². The van der Waals surface area contributed by atoms with Crippen molar-refractivity contribution < 1.29 is 37.0 Å². The molecule has 5 aliphatic carbocycles. The van der Waals surface area contributed by atoms with Crippen molar-refractivity contribution in [2.24, 2.45) is 50.7 Å². The molecule has 0 amide bonds. The number of rotatable bonds is 3. The Morgan fingerprint density at radius 3 is 2.13 bits per heavy atom. The number of carbonyl (C=O) groups is 2. The number of allylic oxidation sites excluding steroid dienone is 2. The molecule has 3 N–H and O–H groups in total. The van der Waals surface area contributed by atoms with Gasteiger partial charge in [-0.2, -0.15) is 8.42 Å². The number of hydrogen-bond donors (Lipinski definition) is 3. The molecule has 0 unspecified atom stereocenters. The molecule has 0 aromatic heterocycles. The van der Waals surface area contributed by atoms with E-state index in [1.807, 2.05) is 19.9 Å². The summed E-state index contributed by atoms with van der Waals surface area (Å²) in [5.41, 5.74) is -1.67. The summed E-state index contributed by atoms with van der Waals surface area (Å²) >= 11 is 0. The van der Waals surface area contributed by atoms with Gasteiger partial charge in [0.2, 0.25) is 0 Å². The minimum absolute atomic E-state index is 0.0353. The van der Waals surface area contributed by atoms with Gasteiger partial charge in [-0.3, -0.25) is 14.1 Å². The minimum Gasteiger partial charge on any atom is -0.481 e. The smallest absolute Gasteiger partial charge is 0.397 e. The third kappa shape index (κ3) is 3.81. The molecule has 0 bridgehead atoms. The summed E-state index contributed by atoms with van der Waals surface area (Å²) in [4.78, 5) is 26.4. The molecule has 0 spiro atoms. The van der Waals surface area contributed by atoms with Gasteiger partial charge >= 0.3 is 16.4 Å². The van der Waals surface area contributed by atoms with Crippen molar-refractivity contribution in [1.82, 2.24) is 0 Å². The summed E-state index contributed by atoms with van der Waals surface area (Å²) in [6.45, 7) is 12.2. The number of hydrogen-bond acceptors (Lipinski definition) is 6. The minimum atomic E-state index is -4.59. The third-order valence-corrected chi connectivity index (χ3v) is 13.0. The van der Waals surface area contributed by atoms with Crippen LogP contribution in [0.2, 0.25) is 0 Å². The first-order chi connectivity index (χ1) is 17.3. The molecule has 5 aliphatic rings. The van der Waals surface area contributed by atoms with Crippen LogP contribution in [-0.4, -0.2) is 47.1 Å². The zero-order valence-corrected chi connectivity index (χ0v) is 24.3. The molecule has 0 aliphatic heterocycles. The van der Waals surface area contributed by atoms with Crippen molar-refractivity contribution in [2.45, 2.75) is 105 Å². The number of aliphatic hydroxyl groups excluding tert-OH is 1. The second-order valence-electron chi connectivity index (χ2n) is 14.9. The van der Waals surface area contributed by atoms with Crippen molar-refractivity contribution in [2.75, 3.05) is 0 Å². The highest BCUT2D eigenvalue weighted by Crippen LogP contribution is 2.71. The van der Waals surface area contributed by atoms with Crippen LogP contribution in [-0.2, 0) is 24.2 Å². The van der Waals surface area contributed by atoms with Gasteiger partial charge in [0.1, 0.15) is 0 Å². The van der Waals surface area contributed by atoms with Crippen molar-refractivity contribution in [1.29, 1.82) is 0 Å². The first-order valence-corrected chi connectivity index (χ1v) is 15.5. The van der Waals surface area contributed by atoms with Crippen LogP contribution in [0.5, 0.6) is 0 Å². The van der Waals surface area contributed by atoms with Crippen LogP contribution in [0.15, 0.2) is 11.6 Å². The average molecular weight is 553 g/mol. The molecule has 0 saturated heterocycles. The second-order valence-corrected chi connectivity index (χ2v) is 15.9. The fourth-order valence-electron chi connectivity index (χ4n) is 10.5. The van der Waals surface area contributed by atoms with E-state index in [9.17, 15) is 32.8 Å². The molecule has 8 nitrogen and oxygen atoms in total. The number of ketones is 1. The van der Waals surface area contributed by atoms with E-state index in [2.05, 4.69) is 20.8 Å². The van der Waals surface area contributed by atoms with Gasteiger partial charge < -0.3 is 10.2 Å². The van der Waals surface area contributed by atoms with E-state index >= 15 is 0 Å². The molecule has 9 heteroatoms. The number of carbonyl (C=O) groups excluding carboxylic acids is 1. The Hall–Kier alpha value is -1.29. The van der Waals surface area contributed by atoms with Crippen LogP contribution >= 0.6 is 0 Å². The lowest BCUT2D eigenvalue weighted by molar-refractivity contribution is -0.189. The monoisotopic (exact) mass is 552 g/mol. The highest BCUT2D eigenvalue weighted by atomic mass is 32.3. The van der Waals surface area contributed by atoms with Crippen LogP contribution in [0, 0.1) is 50.7 Å².